The number of benzene rings is 1. The molecule has 1 aliphatic heterocycles. The van der Waals surface area contributed by atoms with Crippen LogP contribution < -0.4 is 15.4 Å². The van der Waals surface area contributed by atoms with E-state index in [1.807, 2.05) is 36.5 Å². The minimum atomic E-state index is -0.0330. The average Bonchev–Trinajstić information content (AvgIpc) is 3.26. The van der Waals surface area contributed by atoms with Gasteiger partial charge in [0.05, 0.1) is 30.4 Å². The Morgan fingerprint density at radius 2 is 1.87 bits per heavy atom. The molecule has 30 heavy (non-hydrogen) atoms. The maximum absolute atomic E-state index is 12.6. The van der Waals surface area contributed by atoms with Gasteiger partial charge in [-0.25, -0.2) is 14.5 Å². The van der Waals surface area contributed by atoms with Crippen LogP contribution in [0.15, 0.2) is 53.8 Å². The minimum absolute atomic E-state index is 0.0330. The molecule has 1 aromatic carbocycles. The summed E-state index contributed by atoms with van der Waals surface area (Å²) in [5.74, 6) is 0.955. The van der Waals surface area contributed by atoms with Crippen LogP contribution in [0.4, 0.5) is 11.5 Å². The summed E-state index contributed by atoms with van der Waals surface area (Å²) >= 11 is 0. The molecule has 4 heterocycles. The van der Waals surface area contributed by atoms with Crippen LogP contribution in [0, 0.1) is 0 Å². The first kappa shape index (κ1) is 18.6. The van der Waals surface area contributed by atoms with E-state index in [1.165, 1.54) is 0 Å². The van der Waals surface area contributed by atoms with Gasteiger partial charge in [0, 0.05) is 51.4 Å². The SMILES string of the molecule is COCCn1cnc2cc(N3CCN(c4ccc5nccn5n4)CC3)ccc2c1=O. The monoisotopic (exact) mass is 405 g/mol. The largest absolute Gasteiger partial charge is 0.383 e. The quantitative estimate of drug-likeness (QED) is 0.497. The standard InChI is InChI=1S/C21H23N7O2/c1-30-13-12-27-15-23-18-14-16(2-3-17(18)21(27)29)25-8-10-26(11-9-25)20-5-4-19-22-6-7-28(19)24-20/h2-7,14-15H,8-13H2,1H3. The van der Waals surface area contributed by atoms with Gasteiger partial charge in [0.1, 0.15) is 5.82 Å². The highest BCUT2D eigenvalue weighted by atomic mass is 16.5. The predicted octanol–water partition coefficient (Wildman–Crippen LogP) is 1.41. The Kier molecular flexibility index (Phi) is 4.80. The fraction of sp³-hybridized carbons (Fsp3) is 0.333. The van der Waals surface area contributed by atoms with Crippen LogP contribution in [0.1, 0.15) is 0 Å². The molecular formula is C21H23N7O2. The first-order valence-electron chi connectivity index (χ1n) is 10.0. The molecule has 0 amide bonds. The Morgan fingerprint density at radius 3 is 2.70 bits per heavy atom. The maximum atomic E-state index is 12.6. The summed E-state index contributed by atoms with van der Waals surface area (Å²) in [4.78, 5) is 26.0. The van der Waals surface area contributed by atoms with Crippen LogP contribution in [0.3, 0.4) is 0 Å². The van der Waals surface area contributed by atoms with E-state index in [4.69, 9.17) is 4.74 Å². The number of ether oxygens (including phenoxy) is 1. The molecule has 0 N–H and O–H groups in total. The number of fused-ring (bicyclic) bond motifs is 2. The van der Waals surface area contributed by atoms with Crippen molar-refractivity contribution in [2.45, 2.75) is 6.54 Å². The van der Waals surface area contributed by atoms with Crippen molar-refractivity contribution in [3.63, 3.8) is 0 Å². The molecule has 9 heteroatoms. The van der Waals surface area contributed by atoms with Gasteiger partial charge in [0.25, 0.3) is 5.56 Å². The number of aromatic nitrogens is 5. The van der Waals surface area contributed by atoms with Crippen molar-refractivity contribution >= 4 is 28.1 Å². The van der Waals surface area contributed by atoms with Gasteiger partial charge in [-0.1, -0.05) is 0 Å². The van der Waals surface area contributed by atoms with Crippen LogP contribution in [-0.4, -0.2) is 64.0 Å². The van der Waals surface area contributed by atoms with Crippen molar-refractivity contribution in [3.8, 4) is 0 Å². The molecule has 9 nitrogen and oxygen atoms in total. The third-order valence-electron chi connectivity index (χ3n) is 5.55. The molecule has 0 saturated carbocycles. The lowest BCUT2D eigenvalue weighted by atomic mass is 10.2. The van der Waals surface area contributed by atoms with Crippen molar-refractivity contribution in [3.05, 3.63) is 59.4 Å². The van der Waals surface area contributed by atoms with E-state index in [0.717, 1.165) is 48.8 Å². The van der Waals surface area contributed by atoms with Crippen LogP contribution >= 0.6 is 0 Å². The minimum Gasteiger partial charge on any atom is -0.383 e. The molecule has 0 unspecified atom stereocenters. The highest BCUT2D eigenvalue weighted by molar-refractivity contribution is 5.81. The molecule has 0 radical (unpaired) electrons. The Labute approximate surface area is 173 Å². The zero-order valence-corrected chi connectivity index (χ0v) is 16.8. The fourth-order valence-electron chi connectivity index (χ4n) is 3.86. The van der Waals surface area contributed by atoms with Gasteiger partial charge >= 0.3 is 0 Å². The molecule has 1 fully saturated rings. The van der Waals surface area contributed by atoms with Crippen LogP contribution in [0.5, 0.6) is 0 Å². The average molecular weight is 405 g/mol. The third kappa shape index (κ3) is 3.37. The normalized spacial score (nSPS) is 14.7. The number of nitrogens with zero attached hydrogens (tertiary/aromatic N) is 7. The zero-order chi connectivity index (χ0) is 20.5. The van der Waals surface area contributed by atoms with Gasteiger partial charge in [0.2, 0.25) is 0 Å². The van der Waals surface area contributed by atoms with Crippen molar-refractivity contribution in [2.75, 3.05) is 49.7 Å². The Balaban J connectivity index is 1.32. The number of anilines is 2. The van der Waals surface area contributed by atoms with E-state index >= 15 is 0 Å². The van der Waals surface area contributed by atoms with Crippen LogP contribution in [0.2, 0.25) is 0 Å². The van der Waals surface area contributed by atoms with Crippen LogP contribution in [-0.2, 0) is 11.3 Å². The first-order chi connectivity index (χ1) is 14.7. The van der Waals surface area contributed by atoms with Crippen molar-refractivity contribution < 1.29 is 4.74 Å². The highest BCUT2D eigenvalue weighted by Gasteiger charge is 2.19. The number of hydrogen-bond acceptors (Lipinski definition) is 7. The Bertz CT molecular complexity index is 1240. The number of rotatable bonds is 5. The summed E-state index contributed by atoms with van der Waals surface area (Å²) in [5, 5.41) is 5.28. The molecule has 4 aromatic rings. The third-order valence-corrected chi connectivity index (χ3v) is 5.55. The van der Waals surface area contributed by atoms with Crippen LogP contribution in [0.25, 0.3) is 16.6 Å². The van der Waals surface area contributed by atoms with Gasteiger partial charge in [-0.05, 0) is 30.3 Å². The lowest BCUT2D eigenvalue weighted by Crippen LogP contribution is -2.47. The van der Waals surface area contributed by atoms with Gasteiger partial charge in [-0.15, -0.1) is 5.10 Å². The summed E-state index contributed by atoms with van der Waals surface area (Å²) in [6.45, 7) is 4.48. The lowest BCUT2D eigenvalue weighted by molar-refractivity contribution is 0.186. The number of methoxy groups -OCH3 is 1. The molecule has 0 bridgehead atoms. The molecule has 3 aromatic heterocycles. The number of piperazine rings is 1. The summed E-state index contributed by atoms with van der Waals surface area (Å²) < 4.78 is 8.46. The lowest BCUT2D eigenvalue weighted by Gasteiger charge is -2.36. The maximum Gasteiger partial charge on any atom is 0.261 e. The van der Waals surface area contributed by atoms with E-state index in [9.17, 15) is 4.79 Å². The van der Waals surface area contributed by atoms with E-state index in [-0.39, 0.29) is 5.56 Å². The molecule has 1 saturated heterocycles. The van der Waals surface area contributed by atoms with Gasteiger partial charge in [-0.2, -0.15) is 0 Å². The van der Waals surface area contributed by atoms with Crippen molar-refractivity contribution in [2.24, 2.45) is 0 Å². The Hall–Kier alpha value is -3.46. The summed E-state index contributed by atoms with van der Waals surface area (Å²) in [6.07, 6.45) is 5.22. The van der Waals surface area contributed by atoms with E-state index in [2.05, 4.69) is 24.9 Å². The molecule has 0 aliphatic carbocycles. The molecule has 1 aliphatic rings. The summed E-state index contributed by atoms with van der Waals surface area (Å²) in [6, 6.07) is 9.90. The van der Waals surface area contributed by atoms with Crippen molar-refractivity contribution in [1.29, 1.82) is 0 Å². The number of imidazole rings is 1. The van der Waals surface area contributed by atoms with Gasteiger partial charge in [0.15, 0.2) is 5.65 Å². The van der Waals surface area contributed by atoms with E-state index in [1.54, 1.807) is 28.7 Å². The predicted molar refractivity (Wildman–Crippen MR) is 115 cm³/mol. The van der Waals surface area contributed by atoms with E-state index in [0.29, 0.717) is 18.5 Å². The smallest absolute Gasteiger partial charge is 0.261 e. The first-order valence-corrected chi connectivity index (χ1v) is 10.0. The molecule has 0 atom stereocenters. The second kappa shape index (κ2) is 7.75. The molecular weight excluding hydrogens is 382 g/mol. The van der Waals surface area contributed by atoms with Crippen molar-refractivity contribution in [1.82, 2.24) is 24.1 Å². The molecule has 0 spiro atoms. The van der Waals surface area contributed by atoms with Gasteiger partial charge < -0.3 is 14.5 Å². The second-order valence-corrected chi connectivity index (χ2v) is 7.33. The second-order valence-electron chi connectivity index (χ2n) is 7.33. The summed E-state index contributed by atoms with van der Waals surface area (Å²) in [5.41, 5.74) is 2.62. The highest BCUT2D eigenvalue weighted by Crippen LogP contribution is 2.22. The fourth-order valence-corrected chi connectivity index (χ4v) is 3.86. The Morgan fingerprint density at radius 1 is 1.03 bits per heavy atom. The molecule has 5 rings (SSSR count). The van der Waals surface area contributed by atoms with Gasteiger partial charge in [-0.3, -0.25) is 9.36 Å². The van der Waals surface area contributed by atoms with E-state index < -0.39 is 0 Å². The topological polar surface area (TPSA) is 80.8 Å². The molecule has 154 valence electrons. The summed E-state index contributed by atoms with van der Waals surface area (Å²) in [7, 11) is 1.62. The number of hydrogen-bond donors (Lipinski definition) is 0. The zero-order valence-electron chi connectivity index (χ0n) is 16.8.